The molecule has 0 amide bonds. The average Bonchev–Trinajstić information content (AvgIpc) is 2.66. The minimum absolute atomic E-state index is 0.00379. The van der Waals surface area contributed by atoms with Crippen molar-refractivity contribution in [3.05, 3.63) is 74.9 Å². The van der Waals surface area contributed by atoms with Crippen LogP contribution in [0.3, 0.4) is 0 Å². The highest BCUT2D eigenvalue weighted by molar-refractivity contribution is 5.77. The second-order valence-electron chi connectivity index (χ2n) is 6.49. The van der Waals surface area contributed by atoms with Crippen LogP contribution in [-0.4, -0.2) is 24.1 Å². The molecule has 0 aromatic heterocycles. The van der Waals surface area contributed by atoms with E-state index >= 15 is 0 Å². The fourth-order valence-corrected chi connectivity index (χ4v) is 2.53. The Morgan fingerprint density at radius 1 is 0.750 bits per heavy atom. The summed E-state index contributed by atoms with van der Waals surface area (Å²) in [5, 5.41) is 0. The fourth-order valence-electron chi connectivity index (χ4n) is 2.53. The van der Waals surface area contributed by atoms with Gasteiger partial charge < -0.3 is 9.47 Å². The molecule has 0 fully saturated rings. The number of esters is 2. The lowest BCUT2D eigenvalue weighted by molar-refractivity contribution is -0.156. The summed E-state index contributed by atoms with van der Waals surface area (Å²) in [7, 11) is 0. The molecule has 0 saturated carbocycles. The Labute approximate surface area is 170 Å². The van der Waals surface area contributed by atoms with Crippen molar-refractivity contribution in [1.29, 1.82) is 0 Å². The van der Waals surface area contributed by atoms with E-state index in [4.69, 9.17) is 9.47 Å². The lowest BCUT2D eigenvalue weighted by Gasteiger charge is -2.21. The quantitative estimate of drug-likeness (QED) is 0.212. The number of rotatable bonds is 15. The van der Waals surface area contributed by atoms with Crippen molar-refractivity contribution in [1.82, 2.24) is 0 Å². The summed E-state index contributed by atoms with van der Waals surface area (Å²) in [6, 6.07) is 0. The molecule has 4 nitrogen and oxygen atoms in total. The number of carbonyl (C=O) groups excluding carboxylic acids is 2. The molecular formula is C24H34O4. The number of ether oxygens (including phenoxy) is 2. The van der Waals surface area contributed by atoms with E-state index in [0.29, 0.717) is 12.8 Å². The van der Waals surface area contributed by atoms with Crippen LogP contribution in [0.5, 0.6) is 0 Å². The first-order valence-corrected chi connectivity index (χ1v) is 9.58. The Kier molecular flexibility index (Phi) is 14.0. The molecule has 154 valence electrons. The van der Waals surface area contributed by atoms with Crippen LogP contribution in [-0.2, 0) is 19.1 Å². The predicted octanol–water partition coefficient (Wildman–Crippen LogP) is 5.50. The summed E-state index contributed by atoms with van der Waals surface area (Å²) in [4.78, 5) is 24.1. The molecule has 0 N–H and O–H groups in total. The summed E-state index contributed by atoms with van der Waals surface area (Å²) >= 11 is 0. The Hall–Kier alpha value is -2.62. The van der Waals surface area contributed by atoms with Gasteiger partial charge in [0.2, 0.25) is 0 Å². The van der Waals surface area contributed by atoms with Gasteiger partial charge in [0.15, 0.2) is 0 Å². The van der Waals surface area contributed by atoms with Gasteiger partial charge in [-0.15, -0.1) is 13.2 Å². The summed E-state index contributed by atoms with van der Waals surface area (Å²) in [6.45, 7) is 18.4. The lowest BCUT2D eigenvalue weighted by atomic mass is 9.99. The van der Waals surface area contributed by atoms with Crippen LogP contribution >= 0.6 is 0 Å². The number of hydrogen-bond donors (Lipinski definition) is 0. The molecule has 4 unspecified atom stereocenters. The highest BCUT2D eigenvalue weighted by Crippen LogP contribution is 2.17. The molecule has 0 spiro atoms. The number of carbonyl (C=O) groups is 2. The van der Waals surface area contributed by atoms with Crippen molar-refractivity contribution in [2.24, 2.45) is 11.8 Å². The minimum atomic E-state index is -0.425. The monoisotopic (exact) mass is 386 g/mol. The maximum Gasteiger partial charge on any atom is 0.306 e. The summed E-state index contributed by atoms with van der Waals surface area (Å²) < 4.78 is 10.8. The highest BCUT2D eigenvalue weighted by atomic mass is 16.5. The van der Waals surface area contributed by atoms with E-state index in [2.05, 4.69) is 26.3 Å². The Balaban J connectivity index is 4.39. The van der Waals surface area contributed by atoms with Crippen LogP contribution in [0.2, 0.25) is 0 Å². The van der Waals surface area contributed by atoms with Crippen molar-refractivity contribution >= 4 is 11.9 Å². The topological polar surface area (TPSA) is 52.6 Å². The van der Waals surface area contributed by atoms with Crippen molar-refractivity contribution < 1.29 is 19.1 Å². The molecule has 0 aliphatic rings. The Bertz CT molecular complexity index is 533. The smallest absolute Gasteiger partial charge is 0.306 e. The van der Waals surface area contributed by atoms with Crippen molar-refractivity contribution in [2.45, 2.75) is 51.7 Å². The van der Waals surface area contributed by atoms with Gasteiger partial charge in [0.25, 0.3) is 0 Å². The SMILES string of the molecule is C=CC=CCC(C=C)C(C)OC(=O)CCC(=O)OC(C)C(C=C)CC=CC=C. The molecule has 0 aromatic rings. The molecule has 0 radical (unpaired) electrons. The molecule has 0 rings (SSSR count). The normalized spacial score (nSPS) is 15.4. The summed E-state index contributed by atoms with van der Waals surface area (Å²) in [6.07, 6.45) is 15.2. The van der Waals surface area contributed by atoms with Crippen LogP contribution in [0.4, 0.5) is 0 Å². The largest absolute Gasteiger partial charge is 0.462 e. The van der Waals surface area contributed by atoms with Gasteiger partial charge in [-0.3, -0.25) is 9.59 Å². The first kappa shape index (κ1) is 25.4. The van der Waals surface area contributed by atoms with E-state index < -0.39 is 11.9 Å². The van der Waals surface area contributed by atoms with Crippen LogP contribution in [0.25, 0.3) is 0 Å². The van der Waals surface area contributed by atoms with E-state index in [1.165, 1.54) is 0 Å². The first-order chi connectivity index (χ1) is 13.4. The van der Waals surface area contributed by atoms with Crippen LogP contribution < -0.4 is 0 Å². The second-order valence-corrected chi connectivity index (χ2v) is 6.49. The third-order valence-electron chi connectivity index (χ3n) is 4.34. The average molecular weight is 387 g/mol. The van der Waals surface area contributed by atoms with Crippen LogP contribution in [0.1, 0.15) is 39.5 Å². The van der Waals surface area contributed by atoms with Gasteiger partial charge in [-0.05, 0) is 26.7 Å². The highest BCUT2D eigenvalue weighted by Gasteiger charge is 2.20. The third kappa shape index (κ3) is 11.2. The van der Waals surface area contributed by atoms with Gasteiger partial charge in [0.05, 0.1) is 12.8 Å². The standard InChI is InChI=1S/C24H34O4/c1-7-11-13-15-21(9-3)19(5)27-23(25)17-18-24(26)28-20(6)22(10-4)16-14-12-8-2/h7-14,19-22H,1-4,15-18H2,5-6H3. The molecule has 0 saturated heterocycles. The van der Waals surface area contributed by atoms with Crippen molar-refractivity contribution in [3.63, 3.8) is 0 Å². The molecule has 4 heteroatoms. The van der Waals surface area contributed by atoms with Crippen molar-refractivity contribution in [2.75, 3.05) is 0 Å². The van der Waals surface area contributed by atoms with Crippen LogP contribution in [0.15, 0.2) is 74.9 Å². The van der Waals surface area contributed by atoms with Gasteiger partial charge >= 0.3 is 11.9 Å². The first-order valence-electron chi connectivity index (χ1n) is 9.58. The predicted molar refractivity (Wildman–Crippen MR) is 116 cm³/mol. The molecule has 4 atom stereocenters. The Morgan fingerprint density at radius 3 is 1.39 bits per heavy atom. The zero-order chi connectivity index (χ0) is 21.4. The molecule has 0 aromatic carbocycles. The van der Waals surface area contributed by atoms with Gasteiger partial charge in [-0.2, -0.15) is 0 Å². The summed E-state index contributed by atoms with van der Waals surface area (Å²) in [5.74, 6) is -0.843. The van der Waals surface area contributed by atoms with Gasteiger partial charge in [-0.1, -0.05) is 61.8 Å². The molecule has 28 heavy (non-hydrogen) atoms. The zero-order valence-electron chi connectivity index (χ0n) is 17.2. The molecule has 0 heterocycles. The number of hydrogen-bond acceptors (Lipinski definition) is 4. The zero-order valence-corrected chi connectivity index (χ0v) is 17.2. The maximum absolute atomic E-state index is 12.0. The molecule has 0 bridgehead atoms. The van der Waals surface area contributed by atoms with Crippen LogP contribution in [0, 0.1) is 11.8 Å². The van der Waals surface area contributed by atoms with Gasteiger partial charge in [0, 0.05) is 11.8 Å². The molecule has 0 aliphatic carbocycles. The Morgan fingerprint density at radius 2 is 1.11 bits per heavy atom. The summed E-state index contributed by atoms with van der Waals surface area (Å²) in [5.41, 5.74) is 0. The third-order valence-corrected chi connectivity index (χ3v) is 4.34. The molecular weight excluding hydrogens is 352 g/mol. The van der Waals surface area contributed by atoms with E-state index in [1.807, 2.05) is 38.2 Å². The lowest BCUT2D eigenvalue weighted by Crippen LogP contribution is -2.25. The minimum Gasteiger partial charge on any atom is -0.462 e. The van der Waals surface area contributed by atoms with Gasteiger partial charge in [0.1, 0.15) is 12.2 Å². The second kappa shape index (κ2) is 15.4. The van der Waals surface area contributed by atoms with E-state index in [1.54, 1.807) is 24.3 Å². The van der Waals surface area contributed by atoms with Gasteiger partial charge in [-0.25, -0.2) is 0 Å². The maximum atomic E-state index is 12.0. The van der Waals surface area contributed by atoms with E-state index in [9.17, 15) is 9.59 Å². The number of allylic oxidation sites excluding steroid dienone is 6. The van der Waals surface area contributed by atoms with E-state index in [0.717, 1.165) is 0 Å². The van der Waals surface area contributed by atoms with Crippen molar-refractivity contribution in [3.8, 4) is 0 Å². The molecule has 0 aliphatic heterocycles. The van der Waals surface area contributed by atoms with E-state index in [-0.39, 0.29) is 36.9 Å². The fraction of sp³-hybridized carbons (Fsp3) is 0.417.